The lowest BCUT2D eigenvalue weighted by molar-refractivity contribution is -0.142. The third-order valence-corrected chi connectivity index (χ3v) is 4.06. The van der Waals surface area contributed by atoms with E-state index in [2.05, 4.69) is 30.7 Å². The van der Waals surface area contributed by atoms with Crippen molar-refractivity contribution in [2.24, 2.45) is 0 Å². The number of carbonyl (C=O) groups excluding carboxylic acids is 1. The molecular weight excluding hydrogens is 230 g/mol. The third-order valence-electron chi connectivity index (χ3n) is 4.06. The highest BCUT2D eigenvalue weighted by Crippen LogP contribution is 2.27. The molecule has 0 aromatic rings. The molecule has 0 bridgehead atoms. The number of nitrogens with zero attached hydrogens (tertiary/aromatic N) is 3. The van der Waals surface area contributed by atoms with E-state index < -0.39 is 0 Å². The molecule has 0 spiro atoms. The molecule has 5 nitrogen and oxygen atoms in total. The number of methoxy groups -OCH3 is 1. The molecule has 0 radical (unpaired) electrons. The predicted molar refractivity (Wildman–Crippen MR) is 70.5 cm³/mol. The lowest BCUT2D eigenvalue weighted by Gasteiger charge is -2.55. The largest absolute Gasteiger partial charge is 0.375 e. The van der Waals surface area contributed by atoms with E-state index in [0.717, 1.165) is 32.7 Å². The fourth-order valence-corrected chi connectivity index (χ4v) is 3.43. The fourth-order valence-electron chi connectivity index (χ4n) is 3.43. The standard InChI is InChI=1S/C13H25N3O2/c1-13(2)10-14(3)7-11-8-15(5-6-16(11)13)12(17)9-18-4/h11H,5-10H2,1-4H3/t11-/m1/s1. The maximum atomic E-state index is 11.9. The minimum absolute atomic E-state index is 0.114. The van der Waals surface area contributed by atoms with Crippen LogP contribution in [0.4, 0.5) is 0 Å². The maximum absolute atomic E-state index is 11.9. The second kappa shape index (κ2) is 5.15. The first kappa shape index (κ1) is 13.8. The van der Waals surface area contributed by atoms with Gasteiger partial charge in [0.2, 0.25) is 5.91 Å². The smallest absolute Gasteiger partial charge is 0.248 e. The van der Waals surface area contributed by atoms with Gasteiger partial charge < -0.3 is 14.5 Å². The Kier molecular flexibility index (Phi) is 3.94. The number of fused-ring (bicyclic) bond motifs is 1. The molecule has 2 fully saturated rings. The first-order valence-corrected chi connectivity index (χ1v) is 6.66. The number of hydrogen-bond donors (Lipinski definition) is 0. The predicted octanol–water partition coefficient (Wildman–Crippen LogP) is -0.130. The van der Waals surface area contributed by atoms with Gasteiger partial charge in [-0.15, -0.1) is 0 Å². The molecule has 104 valence electrons. The van der Waals surface area contributed by atoms with Crippen LogP contribution in [0.3, 0.4) is 0 Å². The quantitative estimate of drug-likeness (QED) is 0.689. The molecule has 2 aliphatic rings. The molecule has 0 aromatic heterocycles. The molecule has 18 heavy (non-hydrogen) atoms. The Morgan fingerprint density at radius 1 is 1.33 bits per heavy atom. The van der Waals surface area contributed by atoms with Crippen LogP contribution < -0.4 is 0 Å². The topological polar surface area (TPSA) is 36.0 Å². The molecule has 0 N–H and O–H groups in total. The summed E-state index contributed by atoms with van der Waals surface area (Å²) >= 11 is 0. The summed E-state index contributed by atoms with van der Waals surface area (Å²) in [4.78, 5) is 18.8. The second-order valence-corrected chi connectivity index (χ2v) is 6.13. The summed E-state index contributed by atoms with van der Waals surface area (Å²) in [5.41, 5.74) is 0.202. The Morgan fingerprint density at radius 2 is 2.06 bits per heavy atom. The molecule has 0 saturated carbocycles. The molecule has 0 aliphatic carbocycles. The molecular formula is C13H25N3O2. The van der Waals surface area contributed by atoms with Crippen molar-refractivity contribution >= 4 is 5.91 Å². The number of hydrogen-bond acceptors (Lipinski definition) is 4. The van der Waals surface area contributed by atoms with Gasteiger partial charge in [0.05, 0.1) is 0 Å². The summed E-state index contributed by atoms with van der Waals surface area (Å²) in [6.07, 6.45) is 0. The second-order valence-electron chi connectivity index (χ2n) is 6.13. The average Bonchev–Trinajstić information content (AvgIpc) is 2.27. The highest BCUT2D eigenvalue weighted by Gasteiger charge is 2.42. The lowest BCUT2D eigenvalue weighted by Crippen LogP contribution is -2.69. The van der Waals surface area contributed by atoms with E-state index in [1.807, 2.05) is 4.90 Å². The highest BCUT2D eigenvalue weighted by molar-refractivity contribution is 5.77. The number of likely N-dealkylation sites (N-methyl/N-ethyl adjacent to an activating group) is 1. The van der Waals surface area contributed by atoms with E-state index >= 15 is 0 Å². The van der Waals surface area contributed by atoms with Crippen LogP contribution in [0, 0.1) is 0 Å². The van der Waals surface area contributed by atoms with Crippen LogP contribution >= 0.6 is 0 Å². The number of piperazine rings is 2. The first-order chi connectivity index (χ1) is 8.44. The minimum atomic E-state index is 0.114. The van der Waals surface area contributed by atoms with Gasteiger partial charge in [-0.2, -0.15) is 0 Å². The summed E-state index contributed by atoms with van der Waals surface area (Å²) < 4.78 is 4.94. The zero-order valence-electron chi connectivity index (χ0n) is 12.0. The Hall–Kier alpha value is -0.650. The van der Waals surface area contributed by atoms with Crippen molar-refractivity contribution in [3.8, 4) is 0 Å². The number of carbonyl (C=O) groups is 1. The van der Waals surface area contributed by atoms with Crippen molar-refractivity contribution in [2.45, 2.75) is 25.4 Å². The van der Waals surface area contributed by atoms with Crippen molar-refractivity contribution < 1.29 is 9.53 Å². The van der Waals surface area contributed by atoms with Crippen molar-refractivity contribution in [3.05, 3.63) is 0 Å². The minimum Gasteiger partial charge on any atom is -0.375 e. The van der Waals surface area contributed by atoms with Crippen molar-refractivity contribution in [1.29, 1.82) is 0 Å². The Balaban J connectivity index is 2.02. The summed E-state index contributed by atoms with van der Waals surface area (Å²) in [6, 6.07) is 0.452. The summed E-state index contributed by atoms with van der Waals surface area (Å²) in [6.45, 7) is 9.55. The van der Waals surface area contributed by atoms with Crippen molar-refractivity contribution in [3.63, 3.8) is 0 Å². The zero-order chi connectivity index (χ0) is 13.3. The molecule has 0 unspecified atom stereocenters. The molecule has 1 atom stereocenters. The van der Waals surface area contributed by atoms with E-state index in [4.69, 9.17) is 4.74 Å². The fraction of sp³-hybridized carbons (Fsp3) is 0.923. The van der Waals surface area contributed by atoms with Gasteiger partial charge in [0.25, 0.3) is 0 Å². The van der Waals surface area contributed by atoms with Gasteiger partial charge in [-0.3, -0.25) is 9.69 Å². The van der Waals surface area contributed by atoms with Crippen LogP contribution in [-0.4, -0.2) is 85.7 Å². The lowest BCUT2D eigenvalue weighted by atomic mass is 9.93. The van der Waals surface area contributed by atoms with Gasteiger partial charge in [-0.1, -0.05) is 0 Å². The van der Waals surface area contributed by atoms with Gasteiger partial charge in [0, 0.05) is 51.4 Å². The third kappa shape index (κ3) is 2.68. The van der Waals surface area contributed by atoms with Crippen LogP contribution in [0.1, 0.15) is 13.8 Å². The van der Waals surface area contributed by atoms with Crippen LogP contribution in [0.15, 0.2) is 0 Å². The van der Waals surface area contributed by atoms with E-state index in [0.29, 0.717) is 6.04 Å². The summed E-state index contributed by atoms with van der Waals surface area (Å²) in [5.74, 6) is 0.114. The molecule has 2 rings (SSSR count). The SMILES string of the molecule is COCC(=O)N1CCN2[C@H](CN(C)CC2(C)C)C1. The van der Waals surface area contributed by atoms with Gasteiger partial charge >= 0.3 is 0 Å². The summed E-state index contributed by atoms with van der Waals surface area (Å²) in [7, 11) is 3.74. The number of amides is 1. The van der Waals surface area contributed by atoms with Gasteiger partial charge in [-0.25, -0.2) is 0 Å². The maximum Gasteiger partial charge on any atom is 0.248 e. The van der Waals surface area contributed by atoms with Crippen LogP contribution in [0.2, 0.25) is 0 Å². The van der Waals surface area contributed by atoms with Crippen LogP contribution in [0.25, 0.3) is 0 Å². The zero-order valence-corrected chi connectivity index (χ0v) is 12.0. The van der Waals surface area contributed by atoms with Gasteiger partial charge in [0.1, 0.15) is 6.61 Å². The van der Waals surface area contributed by atoms with Crippen LogP contribution in [-0.2, 0) is 9.53 Å². The highest BCUT2D eigenvalue weighted by atomic mass is 16.5. The normalized spacial score (nSPS) is 29.1. The van der Waals surface area contributed by atoms with Crippen LogP contribution in [0.5, 0.6) is 0 Å². The van der Waals surface area contributed by atoms with Crippen molar-refractivity contribution in [1.82, 2.24) is 14.7 Å². The van der Waals surface area contributed by atoms with E-state index in [-0.39, 0.29) is 18.1 Å². The monoisotopic (exact) mass is 255 g/mol. The Bertz CT molecular complexity index is 319. The van der Waals surface area contributed by atoms with E-state index in [1.54, 1.807) is 7.11 Å². The number of rotatable bonds is 2. The van der Waals surface area contributed by atoms with Crippen molar-refractivity contribution in [2.75, 3.05) is 53.5 Å². The van der Waals surface area contributed by atoms with E-state index in [9.17, 15) is 4.79 Å². The molecule has 5 heteroatoms. The molecule has 1 amide bonds. The van der Waals surface area contributed by atoms with E-state index in [1.165, 1.54) is 0 Å². The summed E-state index contributed by atoms with van der Waals surface area (Å²) in [5, 5.41) is 0. The molecule has 0 aromatic carbocycles. The van der Waals surface area contributed by atoms with Gasteiger partial charge in [0.15, 0.2) is 0 Å². The first-order valence-electron chi connectivity index (χ1n) is 6.66. The Morgan fingerprint density at radius 3 is 2.72 bits per heavy atom. The average molecular weight is 255 g/mol. The number of ether oxygens (including phenoxy) is 1. The Labute approximate surface area is 110 Å². The molecule has 2 heterocycles. The van der Waals surface area contributed by atoms with Gasteiger partial charge in [-0.05, 0) is 20.9 Å². The molecule has 2 saturated heterocycles. The molecule has 2 aliphatic heterocycles.